The average Bonchev–Trinajstić information content (AvgIpc) is 2.48. The van der Waals surface area contributed by atoms with Crippen LogP contribution in [0.4, 0.5) is 4.39 Å². The Bertz CT molecular complexity index is 481. The lowest BCUT2D eigenvalue weighted by atomic mass is 10.0. The number of ether oxygens (including phenoxy) is 1. The highest BCUT2D eigenvalue weighted by Crippen LogP contribution is 2.18. The van der Waals surface area contributed by atoms with E-state index in [0.717, 1.165) is 6.54 Å². The Morgan fingerprint density at radius 2 is 2.17 bits per heavy atom. The molecule has 1 heterocycles. The lowest BCUT2D eigenvalue weighted by molar-refractivity contribution is -0.125. The number of aliphatic hydroxyl groups excluding tert-OH is 1. The maximum Gasteiger partial charge on any atom is 0.222 e. The zero-order valence-corrected chi connectivity index (χ0v) is 13.9. The third-order valence-electron chi connectivity index (χ3n) is 3.66. The summed E-state index contributed by atoms with van der Waals surface area (Å²) in [6, 6.07) is 5.56. The van der Waals surface area contributed by atoms with E-state index in [4.69, 9.17) is 4.74 Å². The first-order valence-electron chi connectivity index (χ1n) is 7.60. The molecule has 3 unspecified atom stereocenters. The van der Waals surface area contributed by atoms with Crippen molar-refractivity contribution in [2.45, 2.75) is 38.0 Å². The summed E-state index contributed by atoms with van der Waals surface area (Å²) < 4.78 is 18.3. The number of rotatable bonds is 6. The summed E-state index contributed by atoms with van der Waals surface area (Å²) in [5.41, 5.74) is 0.641. The monoisotopic (exact) mass is 346 g/mol. The summed E-state index contributed by atoms with van der Waals surface area (Å²) >= 11 is 0. The van der Waals surface area contributed by atoms with Gasteiger partial charge in [-0.05, 0) is 31.0 Å². The van der Waals surface area contributed by atoms with Crippen LogP contribution in [0.15, 0.2) is 24.3 Å². The molecule has 1 saturated heterocycles. The van der Waals surface area contributed by atoms with Crippen LogP contribution in [0.3, 0.4) is 0 Å². The van der Waals surface area contributed by atoms with Gasteiger partial charge in [0.1, 0.15) is 5.82 Å². The van der Waals surface area contributed by atoms with Gasteiger partial charge in [0.2, 0.25) is 5.91 Å². The third kappa shape index (κ3) is 6.83. The van der Waals surface area contributed by atoms with Gasteiger partial charge in [0.05, 0.1) is 25.2 Å². The number of hydrogen-bond acceptors (Lipinski definition) is 4. The van der Waals surface area contributed by atoms with Crippen molar-refractivity contribution in [2.75, 3.05) is 19.7 Å². The molecule has 1 aromatic carbocycles. The van der Waals surface area contributed by atoms with Crippen molar-refractivity contribution in [3.8, 4) is 0 Å². The average molecular weight is 347 g/mol. The largest absolute Gasteiger partial charge is 0.388 e. The SMILES string of the molecule is CC(CC(O)c1ccc(F)cc1)NC(=O)CC1CNCCO1.Cl. The van der Waals surface area contributed by atoms with E-state index in [2.05, 4.69) is 10.6 Å². The van der Waals surface area contributed by atoms with Crippen LogP contribution in [-0.4, -0.2) is 42.9 Å². The van der Waals surface area contributed by atoms with E-state index in [-0.39, 0.29) is 36.3 Å². The molecule has 0 spiro atoms. The van der Waals surface area contributed by atoms with E-state index in [1.165, 1.54) is 12.1 Å². The first-order valence-corrected chi connectivity index (χ1v) is 7.60. The standard InChI is InChI=1S/C16H23FN2O3.ClH/c1-11(8-15(20)12-2-4-13(17)5-3-12)19-16(21)9-14-10-18-6-7-22-14;/h2-5,11,14-15,18,20H,6-10H2,1H3,(H,19,21);1H. The fraction of sp³-hybridized carbons (Fsp3) is 0.562. The Balaban J connectivity index is 0.00000264. The van der Waals surface area contributed by atoms with Gasteiger partial charge in [-0.3, -0.25) is 4.79 Å². The van der Waals surface area contributed by atoms with E-state index < -0.39 is 6.10 Å². The quantitative estimate of drug-likeness (QED) is 0.731. The van der Waals surface area contributed by atoms with Crippen molar-refractivity contribution in [1.82, 2.24) is 10.6 Å². The summed E-state index contributed by atoms with van der Waals surface area (Å²) in [4.78, 5) is 11.9. The maximum absolute atomic E-state index is 12.9. The normalized spacial score (nSPS) is 20.2. The summed E-state index contributed by atoms with van der Waals surface area (Å²) in [6.45, 7) is 3.96. The van der Waals surface area contributed by atoms with E-state index in [9.17, 15) is 14.3 Å². The minimum Gasteiger partial charge on any atom is -0.388 e. The number of amides is 1. The fourth-order valence-electron chi connectivity index (χ4n) is 2.51. The number of aliphatic hydroxyl groups is 1. The van der Waals surface area contributed by atoms with Crippen LogP contribution >= 0.6 is 12.4 Å². The lowest BCUT2D eigenvalue weighted by Crippen LogP contribution is -2.43. The third-order valence-corrected chi connectivity index (χ3v) is 3.66. The Kier molecular flexibility index (Phi) is 8.47. The van der Waals surface area contributed by atoms with Crippen molar-refractivity contribution < 1.29 is 19.0 Å². The van der Waals surface area contributed by atoms with Gasteiger partial charge in [0.15, 0.2) is 0 Å². The number of hydrogen-bond donors (Lipinski definition) is 3. The summed E-state index contributed by atoms with van der Waals surface area (Å²) in [7, 11) is 0. The molecule has 1 aliphatic rings. The number of nitrogens with one attached hydrogen (secondary N) is 2. The highest BCUT2D eigenvalue weighted by Gasteiger charge is 2.19. The van der Waals surface area contributed by atoms with Crippen molar-refractivity contribution in [2.24, 2.45) is 0 Å². The first kappa shape index (κ1) is 19.8. The number of benzene rings is 1. The Morgan fingerprint density at radius 1 is 1.48 bits per heavy atom. The van der Waals surface area contributed by atoms with Crippen LogP contribution < -0.4 is 10.6 Å². The predicted molar refractivity (Wildman–Crippen MR) is 88.1 cm³/mol. The molecule has 7 heteroatoms. The van der Waals surface area contributed by atoms with Crippen LogP contribution in [0.5, 0.6) is 0 Å². The number of halogens is 2. The fourth-order valence-corrected chi connectivity index (χ4v) is 2.51. The second-order valence-electron chi connectivity index (χ2n) is 5.67. The second-order valence-corrected chi connectivity index (χ2v) is 5.67. The smallest absolute Gasteiger partial charge is 0.222 e. The second kappa shape index (κ2) is 9.82. The van der Waals surface area contributed by atoms with Gasteiger partial charge in [-0.15, -0.1) is 12.4 Å². The molecule has 3 atom stereocenters. The van der Waals surface area contributed by atoms with E-state index in [1.54, 1.807) is 12.1 Å². The number of carbonyl (C=O) groups excluding carboxylic acids is 1. The molecule has 0 aliphatic carbocycles. The van der Waals surface area contributed by atoms with Gasteiger partial charge >= 0.3 is 0 Å². The topological polar surface area (TPSA) is 70.6 Å². The minimum atomic E-state index is -0.733. The molecule has 23 heavy (non-hydrogen) atoms. The molecule has 5 nitrogen and oxygen atoms in total. The minimum absolute atomic E-state index is 0. The molecule has 0 saturated carbocycles. The zero-order valence-electron chi connectivity index (χ0n) is 13.1. The van der Waals surface area contributed by atoms with Gasteiger partial charge < -0.3 is 20.5 Å². The number of carbonyl (C=O) groups is 1. The molecule has 1 aliphatic heterocycles. The molecule has 0 bridgehead atoms. The Labute approximate surface area is 142 Å². The predicted octanol–water partition coefficient (Wildman–Crippen LogP) is 1.55. The summed E-state index contributed by atoms with van der Waals surface area (Å²) in [5, 5.41) is 16.1. The molecule has 2 rings (SSSR count). The number of morpholine rings is 1. The molecular weight excluding hydrogens is 323 g/mol. The Morgan fingerprint density at radius 3 is 2.78 bits per heavy atom. The highest BCUT2D eigenvalue weighted by molar-refractivity contribution is 5.85. The van der Waals surface area contributed by atoms with Crippen LogP contribution in [0, 0.1) is 5.82 Å². The lowest BCUT2D eigenvalue weighted by Gasteiger charge is -2.24. The van der Waals surface area contributed by atoms with Gasteiger partial charge in [-0.25, -0.2) is 4.39 Å². The molecule has 130 valence electrons. The molecule has 1 aromatic rings. The van der Waals surface area contributed by atoms with Crippen LogP contribution in [0.2, 0.25) is 0 Å². The maximum atomic E-state index is 12.9. The molecule has 3 N–H and O–H groups in total. The van der Waals surface area contributed by atoms with E-state index >= 15 is 0 Å². The molecule has 0 radical (unpaired) electrons. The van der Waals surface area contributed by atoms with Gasteiger partial charge in [0.25, 0.3) is 0 Å². The Hall–Kier alpha value is -1.21. The molecule has 0 aromatic heterocycles. The van der Waals surface area contributed by atoms with Crippen molar-refractivity contribution in [3.63, 3.8) is 0 Å². The molecule has 1 amide bonds. The van der Waals surface area contributed by atoms with Gasteiger partial charge in [-0.1, -0.05) is 12.1 Å². The van der Waals surface area contributed by atoms with Crippen LogP contribution in [-0.2, 0) is 9.53 Å². The summed E-state index contributed by atoms with van der Waals surface area (Å²) in [5.74, 6) is -0.425. The zero-order chi connectivity index (χ0) is 15.9. The highest BCUT2D eigenvalue weighted by atomic mass is 35.5. The van der Waals surface area contributed by atoms with Crippen molar-refractivity contribution in [1.29, 1.82) is 0 Å². The van der Waals surface area contributed by atoms with E-state index in [0.29, 0.717) is 31.6 Å². The van der Waals surface area contributed by atoms with Crippen molar-refractivity contribution in [3.05, 3.63) is 35.6 Å². The van der Waals surface area contributed by atoms with Crippen molar-refractivity contribution >= 4 is 18.3 Å². The van der Waals surface area contributed by atoms with Gasteiger partial charge in [-0.2, -0.15) is 0 Å². The van der Waals surface area contributed by atoms with E-state index in [1.807, 2.05) is 6.92 Å². The van der Waals surface area contributed by atoms with Crippen LogP contribution in [0.25, 0.3) is 0 Å². The van der Waals surface area contributed by atoms with Crippen LogP contribution in [0.1, 0.15) is 31.4 Å². The van der Waals surface area contributed by atoms with Gasteiger partial charge in [0, 0.05) is 19.1 Å². The first-order chi connectivity index (χ1) is 10.5. The molecule has 1 fully saturated rings. The summed E-state index contributed by atoms with van der Waals surface area (Å²) in [6.07, 6.45) is -0.142. The molecular formula is C16H24ClFN2O3.